The Kier molecular flexibility index (Phi) is 5.33. The summed E-state index contributed by atoms with van der Waals surface area (Å²) in [5.41, 5.74) is 0. The van der Waals surface area contributed by atoms with Gasteiger partial charge in [-0.2, -0.15) is 0 Å². The molecule has 0 aromatic carbocycles. The van der Waals surface area contributed by atoms with Crippen LogP contribution in [-0.4, -0.2) is 26.2 Å². The van der Waals surface area contributed by atoms with Crippen LogP contribution in [0.2, 0.25) is 0 Å². The highest BCUT2D eigenvalue weighted by molar-refractivity contribution is 8.19. The van der Waals surface area contributed by atoms with Crippen LogP contribution in [0.15, 0.2) is 0 Å². The molecule has 1 aliphatic heterocycles. The van der Waals surface area contributed by atoms with Gasteiger partial charge in [-0.25, -0.2) is 0 Å². The zero-order valence-corrected chi connectivity index (χ0v) is 11.1. The molecule has 1 unspecified atom stereocenters. The van der Waals surface area contributed by atoms with E-state index in [1.807, 2.05) is 11.8 Å². The van der Waals surface area contributed by atoms with Crippen molar-refractivity contribution in [3.8, 4) is 0 Å². The van der Waals surface area contributed by atoms with Gasteiger partial charge >= 0.3 is 5.97 Å². The largest absolute Gasteiger partial charge is 0.481 e. The summed E-state index contributed by atoms with van der Waals surface area (Å²) in [6, 6.07) is 0. The predicted molar refractivity (Wildman–Crippen MR) is 68.6 cm³/mol. The fourth-order valence-corrected chi connectivity index (χ4v) is 5.08. The summed E-state index contributed by atoms with van der Waals surface area (Å²) in [5, 5.41) is 9.27. The lowest BCUT2D eigenvalue weighted by molar-refractivity contribution is -0.137. The standard InChI is InChI=1S/C11H20O2S2/c1-11(2)14-8-7-9(15-11)5-3-4-6-10(12)13/h9H,3-8H2,1-2H3,(H,12,13). The predicted octanol–water partition coefficient (Wildman–Crippen LogP) is 3.61. The van der Waals surface area contributed by atoms with E-state index in [0.29, 0.717) is 10.5 Å². The fourth-order valence-electron chi connectivity index (χ4n) is 1.78. The number of carboxylic acids is 1. The number of hydrogen-bond donors (Lipinski definition) is 1. The number of thioether (sulfide) groups is 2. The Morgan fingerprint density at radius 3 is 2.80 bits per heavy atom. The second-order valence-corrected chi connectivity index (χ2v) is 8.32. The summed E-state index contributed by atoms with van der Waals surface area (Å²) in [5.74, 6) is 0.589. The van der Waals surface area contributed by atoms with Gasteiger partial charge in [0.25, 0.3) is 0 Å². The number of hydrogen-bond acceptors (Lipinski definition) is 3. The Morgan fingerprint density at radius 2 is 2.20 bits per heavy atom. The molecule has 0 aromatic rings. The van der Waals surface area contributed by atoms with Crippen LogP contribution < -0.4 is 0 Å². The van der Waals surface area contributed by atoms with Crippen molar-refractivity contribution in [1.82, 2.24) is 0 Å². The van der Waals surface area contributed by atoms with Gasteiger partial charge in [0.05, 0.1) is 4.08 Å². The van der Waals surface area contributed by atoms with E-state index in [2.05, 4.69) is 25.6 Å². The third-order valence-corrected chi connectivity index (χ3v) is 5.66. The lowest BCUT2D eigenvalue weighted by Gasteiger charge is -2.34. The minimum atomic E-state index is -0.665. The molecular weight excluding hydrogens is 228 g/mol. The van der Waals surface area contributed by atoms with Crippen molar-refractivity contribution < 1.29 is 9.90 Å². The molecule has 1 saturated heterocycles. The van der Waals surface area contributed by atoms with Crippen molar-refractivity contribution in [2.75, 3.05) is 5.75 Å². The van der Waals surface area contributed by atoms with Crippen molar-refractivity contribution in [3.63, 3.8) is 0 Å². The van der Waals surface area contributed by atoms with Crippen molar-refractivity contribution in [1.29, 1.82) is 0 Å². The van der Waals surface area contributed by atoms with E-state index in [1.165, 1.54) is 18.6 Å². The second-order valence-electron chi connectivity index (χ2n) is 4.42. The van der Waals surface area contributed by atoms with Gasteiger partial charge < -0.3 is 5.11 Å². The van der Waals surface area contributed by atoms with Gasteiger partial charge in [-0.15, -0.1) is 23.5 Å². The molecule has 1 heterocycles. The van der Waals surface area contributed by atoms with Crippen LogP contribution >= 0.6 is 23.5 Å². The third-order valence-electron chi connectivity index (χ3n) is 2.51. The zero-order valence-electron chi connectivity index (χ0n) is 9.49. The molecule has 1 fully saturated rings. The van der Waals surface area contributed by atoms with Gasteiger partial charge in [-0.05, 0) is 38.9 Å². The van der Waals surface area contributed by atoms with E-state index in [4.69, 9.17) is 5.11 Å². The molecule has 88 valence electrons. The summed E-state index contributed by atoms with van der Waals surface area (Å²) < 4.78 is 0.357. The highest BCUT2D eigenvalue weighted by atomic mass is 32.2. The van der Waals surface area contributed by atoms with Crippen LogP contribution in [0.1, 0.15) is 46.0 Å². The third kappa shape index (κ3) is 5.71. The maximum absolute atomic E-state index is 10.3. The van der Waals surface area contributed by atoms with E-state index in [0.717, 1.165) is 18.1 Å². The Morgan fingerprint density at radius 1 is 1.47 bits per heavy atom. The monoisotopic (exact) mass is 248 g/mol. The van der Waals surface area contributed by atoms with Crippen molar-refractivity contribution in [2.24, 2.45) is 0 Å². The first-order chi connectivity index (χ1) is 6.99. The Hall–Kier alpha value is 0.170. The minimum absolute atomic E-state index is 0.329. The Balaban J connectivity index is 2.13. The first kappa shape index (κ1) is 13.2. The van der Waals surface area contributed by atoms with E-state index < -0.39 is 5.97 Å². The van der Waals surface area contributed by atoms with Crippen molar-refractivity contribution in [3.05, 3.63) is 0 Å². The number of unbranched alkanes of at least 4 members (excludes halogenated alkanes) is 1. The summed E-state index contributed by atoms with van der Waals surface area (Å²) >= 11 is 4.10. The fraction of sp³-hybridized carbons (Fsp3) is 0.909. The summed E-state index contributed by atoms with van der Waals surface area (Å²) in [4.78, 5) is 10.3. The molecule has 0 saturated carbocycles. The molecule has 4 heteroatoms. The number of carboxylic acid groups (broad SMARTS) is 1. The first-order valence-electron chi connectivity index (χ1n) is 5.53. The lowest BCUT2D eigenvalue weighted by Crippen LogP contribution is -2.23. The number of aliphatic carboxylic acids is 1. The van der Waals surface area contributed by atoms with E-state index >= 15 is 0 Å². The smallest absolute Gasteiger partial charge is 0.303 e. The zero-order chi connectivity index (χ0) is 11.3. The lowest BCUT2D eigenvalue weighted by atomic mass is 10.1. The van der Waals surface area contributed by atoms with Gasteiger partial charge in [0, 0.05) is 11.7 Å². The van der Waals surface area contributed by atoms with Gasteiger partial charge in [-0.3, -0.25) is 4.79 Å². The minimum Gasteiger partial charge on any atom is -0.481 e. The SMILES string of the molecule is CC1(C)SCCC(CCCCC(=O)O)S1. The van der Waals surface area contributed by atoms with Crippen molar-refractivity contribution >= 4 is 29.5 Å². The summed E-state index contributed by atoms with van der Waals surface area (Å²) in [6.45, 7) is 4.57. The van der Waals surface area contributed by atoms with E-state index in [1.54, 1.807) is 0 Å². The molecule has 0 radical (unpaired) electrons. The first-order valence-corrected chi connectivity index (χ1v) is 7.40. The van der Waals surface area contributed by atoms with E-state index in [-0.39, 0.29) is 0 Å². The maximum Gasteiger partial charge on any atom is 0.303 e. The van der Waals surface area contributed by atoms with Gasteiger partial charge in [0.2, 0.25) is 0 Å². The Labute approximate surface area is 101 Å². The topological polar surface area (TPSA) is 37.3 Å². The molecule has 1 atom stereocenters. The van der Waals surface area contributed by atoms with Crippen molar-refractivity contribution in [2.45, 2.75) is 55.3 Å². The highest BCUT2D eigenvalue weighted by Crippen LogP contribution is 2.46. The van der Waals surface area contributed by atoms with Gasteiger partial charge in [-0.1, -0.05) is 6.42 Å². The molecule has 1 rings (SSSR count). The molecular formula is C11H20O2S2. The van der Waals surface area contributed by atoms with Crippen LogP contribution in [-0.2, 0) is 4.79 Å². The summed E-state index contributed by atoms with van der Waals surface area (Å²) in [6.07, 6.45) is 4.69. The average molecular weight is 248 g/mol. The quantitative estimate of drug-likeness (QED) is 0.754. The molecule has 0 aromatic heterocycles. The van der Waals surface area contributed by atoms with Crippen LogP contribution in [0.5, 0.6) is 0 Å². The molecule has 0 bridgehead atoms. The Bertz CT molecular complexity index is 217. The number of carbonyl (C=O) groups is 1. The van der Waals surface area contributed by atoms with Crippen LogP contribution in [0.3, 0.4) is 0 Å². The van der Waals surface area contributed by atoms with Crippen LogP contribution in [0.25, 0.3) is 0 Å². The van der Waals surface area contributed by atoms with Gasteiger partial charge in [0.15, 0.2) is 0 Å². The normalized spacial score (nSPS) is 25.1. The molecule has 0 spiro atoms. The molecule has 1 aliphatic rings. The summed E-state index contributed by atoms with van der Waals surface area (Å²) in [7, 11) is 0. The molecule has 15 heavy (non-hydrogen) atoms. The van der Waals surface area contributed by atoms with Crippen LogP contribution in [0, 0.1) is 0 Å². The van der Waals surface area contributed by atoms with E-state index in [9.17, 15) is 4.79 Å². The molecule has 0 amide bonds. The van der Waals surface area contributed by atoms with Crippen LogP contribution in [0.4, 0.5) is 0 Å². The van der Waals surface area contributed by atoms with Gasteiger partial charge in [0.1, 0.15) is 0 Å². The average Bonchev–Trinajstić information content (AvgIpc) is 2.10. The molecule has 0 aliphatic carbocycles. The second kappa shape index (κ2) is 6.04. The molecule has 1 N–H and O–H groups in total. The number of rotatable bonds is 5. The highest BCUT2D eigenvalue weighted by Gasteiger charge is 2.28. The molecule has 2 nitrogen and oxygen atoms in total. The maximum atomic E-state index is 10.3.